The third-order valence-electron chi connectivity index (χ3n) is 8.01. The van der Waals surface area contributed by atoms with Gasteiger partial charge in [0.2, 0.25) is 5.91 Å². The monoisotopic (exact) mass is 525 g/mol. The maximum Gasteiger partial charge on any atom is 0.404 e. The fourth-order valence-corrected chi connectivity index (χ4v) is 5.89. The number of piperidine rings is 1. The maximum atomic E-state index is 13.4. The molecule has 2 aromatic carbocycles. The number of carbonyl (C=O) groups excluding carboxylic acids is 1. The van der Waals surface area contributed by atoms with Gasteiger partial charge in [-0.15, -0.1) is 0 Å². The van der Waals surface area contributed by atoms with Crippen molar-refractivity contribution in [2.24, 2.45) is 17.6 Å². The largest absolute Gasteiger partial charge is 0.465 e. The zero-order valence-electron chi connectivity index (χ0n) is 21.9. The van der Waals surface area contributed by atoms with E-state index in [4.69, 9.17) is 15.6 Å². The molecule has 0 spiro atoms. The molecule has 1 saturated heterocycles. The molecule has 2 fully saturated rings. The molecule has 9 nitrogen and oxygen atoms in total. The predicted octanol–water partition coefficient (Wildman–Crippen LogP) is 3.36. The van der Waals surface area contributed by atoms with E-state index in [9.17, 15) is 19.8 Å². The molecule has 4 rings (SSSR count). The van der Waals surface area contributed by atoms with Gasteiger partial charge in [0.1, 0.15) is 11.5 Å². The second kappa shape index (κ2) is 12.1. The van der Waals surface area contributed by atoms with Crippen LogP contribution in [0.25, 0.3) is 0 Å². The van der Waals surface area contributed by atoms with Gasteiger partial charge in [-0.25, -0.2) is 4.79 Å². The van der Waals surface area contributed by atoms with Crippen molar-refractivity contribution in [3.05, 3.63) is 59.7 Å². The summed E-state index contributed by atoms with van der Waals surface area (Å²) in [5, 5.41) is 33.9. The van der Waals surface area contributed by atoms with Crippen molar-refractivity contribution in [3.63, 3.8) is 0 Å². The molecule has 1 saturated carbocycles. The van der Waals surface area contributed by atoms with Gasteiger partial charge in [-0.3, -0.25) is 4.79 Å². The Labute approximate surface area is 223 Å². The number of hydrogen-bond donors (Lipinski definition) is 5. The first kappa shape index (κ1) is 27.9. The number of likely N-dealkylation sites (tertiary alicyclic amines) is 1. The molecule has 1 heterocycles. The molecule has 206 valence electrons. The Hall–Kier alpha value is -3.14. The lowest BCUT2D eigenvalue weighted by Crippen LogP contribution is -2.49. The molecule has 1 aliphatic heterocycles. The number of nitrogens with one attached hydrogen (secondary N) is 1. The lowest BCUT2D eigenvalue weighted by molar-refractivity contribution is -0.141. The normalized spacial score (nSPS) is 25.0. The van der Waals surface area contributed by atoms with E-state index in [2.05, 4.69) is 5.32 Å². The summed E-state index contributed by atoms with van der Waals surface area (Å²) in [5.41, 5.74) is 6.19. The summed E-state index contributed by atoms with van der Waals surface area (Å²) in [4.78, 5) is 26.2. The molecule has 38 heavy (non-hydrogen) atoms. The smallest absolute Gasteiger partial charge is 0.404 e. The highest BCUT2D eigenvalue weighted by Crippen LogP contribution is 2.44. The van der Waals surface area contributed by atoms with Gasteiger partial charge in [-0.05, 0) is 63.1 Å². The van der Waals surface area contributed by atoms with E-state index in [0.717, 1.165) is 12.0 Å². The number of hydrogen-bond acceptors (Lipinski definition) is 6. The highest BCUT2D eigenvalue weighted by atomic mass is 16.5. The first-order valence-electron chi connectivity index (χ1n) is 13.4. The Balaban J connectivity index is 1.61. The molecule has 0 aromatic heterocycles. The number of ether oxygens (including phenoxy) is 1. The van der Waals surface area contributed by atoms with E-state index >= 15 is 0 Å². The summed E-state index contributed by atoms with van der Waals surface area (Å²) in [6.45, 7) is 3.11. The number of aliphatic hydroxyl groups excluding tert-OH is 1. The fraction of sp³-hybridized carbons (Fsp3) is 0.517. The third kappa shape index (κ3) is 6.28. The van der Waals surface area contributed by atoms with Gasteiger partial charge in [0.15, 0.2) is 0 Å². The van der Waals surface area contributed by atoms with Crippen LogP contribution in [-0.4, -0.2) is 64.0 Å². The van der Waals surface area contributed by atoms with Crippen LogP contribution in [0.3, 0.4) is 0 Å². The minimum absolute atomic E-state index is 0.0268. The van der Waals surface area contributed by atoms with Gasteiger partial charge in [0.25, 0.3) is 0 Å². The van der Waals surface area contributed by atoms with Crippen molar-refractivity contribution in [1.29, 1.82) is 0 Å². The van der Waals surface area contributed by atoms with Crippen LogP contribution < -0.4 is 15.8 Å². The lowest BCUT2D eigenvalue weighted by Gasteiger charge is -2.44. The van der Waals surface area contributed by atoms with E-state index in [1.807, 2.05) is 55.5 Å². The van der Waals surface area contributed by atoms with Gasteiger partial charge >= 0.3 is 6.09 Å². The number of aliphatic hydroxyl groups is 2. The Bertz CT molecular complexity index is 1120. The highest BCUT2D eigenvalue weighted by Gasteiger charge is 2.44. The summed E-state index contributed by atoms with van der Waals surface area (Å²) in [5.74, 6) is 0.589. The Morgan fingerprint density at radius 1 is 1.13 bits per heavy atom. The molecule has 5 atom stereocenters. The first-order valence-corrected chi connectivity index (χ1v) is 13.4. The standard InChI is InChI=1S/C29H39N3O6/c1-19-8-2-4-11-25(19)38-26-12-5-3-10-22(26)29(37,13-7-14-31-28(35)36)21-9-6-15-32(18-21)27(34)20-16-23(30)24(33)17-20/h2-5,8,10-12,20-21,23-24,31,33,37H,6-7,9,13-18,30H2,1H3,(H,35,36). The first-order chi connectivity index (χ1) is 18.2. The number of carboxylic acid groups (broad SMARTS) is 1. The summed E-state index contributed by atoms with van der Waals surface area (Å²) < 4.78 is 6.31. The second-order valence-electron chi connectivity index (χ2n) is 10.6. The van der Waals surface area contributed by atoms with Crippen LogP contribution in [0.15, 0.2) is 48.5 Å². The van der Waals surface area contributed by atoms with E-state index in [1.165, 1.54) is 0 Å². The average Bonchev–Trinajstić information content (AvgIpc) is 3.25. The minimum atomic E-state index is -1.36. The fourth-order valence-electron chi connectivity index (χ4n) is 5.89. The van der Waals surface area contributed by atoms with Crippen LogP contribution in [0.4, 0.5) is 4.79 Å². The summed E-state index contributed by atoms with van der Waals surface area (Å²) >= 11 is 0. The molecule has 5 unspecified atom stereocenters. The molecule has 0 radical (unpaired) electrons. The molecular weight excluding hydrogens is 486 g/mol. The Morgan fingerprint density at radius 2 is 1.84 bits per heavy atom. The Morgan fingerprint density at radius 3 is 2.53 bits per heavy atom. The number of nitrogens with zero attached hydrogens (tertiary/aromatic N) is 1. The zero-order chi connectivity index (χ0) is 27.3. The van der Waals surface area contributed by atoms with Crippen molar-refractivity contribution < 1.29 is 29.6 Å². The summed E-state index contributed by atoms with van der Waals surface area (Å²) in [7, 11) is 0. The van der Waals surface area contributed by atoms with Crippen LogP contribution in [0.1, 0.15) is 49.7 Å². The number of nitrogens with two attached hydrogens (primary N) is 1. The van der Waals surface area contributed by atoms with Crippen molar-refractivity contribution >= 4 is 12.0 Å². The Kier molecular flexibility index (Phi) is 8.91. The number of para-hydroxylation sites is 2. The zero-order valence-corrected chi connectivity index (χ0v) is 21.9. The molecule has 1 aliphatic carbocycles. The van der Waals surface area contributed by atoms with Crippen LogP contribution in [0.2, 0.25) is 0 Å². The lowest BCUT2D eigenvalue weighted by atomic mass is 9.73. The molecule has 9 heteroatoms. The van der Waals surface area contributed by atoms with Crippen molar-refractivity contribution in [3.8, 4) is 11.5 Å². The SMILES string of the molecule is Cc1ccccc1Oc1ccccc1C(O)(CCCNC(=O)O)C1CCCN(C(=O)C2CC(N)C(O)C2)C1. The average molecular weight is 526 g/mol. The number of amides is 2. The van der Waals surface area contributed by atoms with Crippen LogP contribution >= 0.6 is 0 Å². The minimum Gasteiger partial charge on any atom is -0.465 e. The van der Waals surface area contributed by atoms with Crippen LogP contribution in [0, 0.1) is 18.8 Å². The van der Waals surface area contributed by atoms with Gasteiger partial charge in [0, 0.05) is 43.1 Å². The second-order valence-corrected chi connectivity index (χ2v) is 10.6. The summed E-state index contributed by atoms with van der Waals surface area (Å²) in [6.07, 6.45) is 1.18. The number of aryl methyl sites for hydroxylation is 1. The van der Waals surface area contributed by atoms with E-state index in [1.54, 1.807) is 4.90 Å². The molecule has 6 N–H and O–H groups in total. The van der Waals surface area contributed by atoms with E-state index < -0.39 is 23.8 Å². The molecule has 2 amide bonds. The van der Waals surface area contributed by atoms with E-state index in [-0.39, 0.29) is 24.3 Å². The van der Waals surface area contributed by atoms with Crippen LogP contribution in [0.5, 0.6) is 11.5 Å². The number of benzene rings is 2. The molecule has 2 aromatic rings. The summed E-state index contributed by atoms with van der Waals surface area (Å²) in [6, 6.07) is 14.7. The number of carbonyl (C=O) groups is 2. The molecular formula is C29H39N3O6. The number of rotatable bonds is 9. The van der Waals surface area contributed by atoms with Crippen molar-refractivity contribution in [1.82, 2.24) is 10.2 Å². The van der Waals surface area contributed by atoms with Crippen molar-refractivity contribution in [2.45, 2.75) is 63.2 Å². The molecule has 2 aliphatic rings. The topological polar surface area (TPSA) is 145 Å². The predicted molar refractivity (Wildman–Crippen MR) is 143 cm³/mol. The van der Waals surface area contributed by atoms with E-state index in [0.29, 0.717) is 62.3 Å². The van der Waals surface area contributed by atoms with Gasteiger partial charge in [0.05, 0.1) is 11.7 Å². The van der Waals surface area contributed by atoms with Gasteiger partial charge < -0.3 is 36.0 Å². The molecule has 0 bridgehead atoms. The third-order valence-corrected chi connectivity index (χ3v) is 8.01. The van der Waals surface area contributed by atoms with Gasteiger partial charge in [-0.1, -0.05) is 36.4 Å². The highest BCUT2D eigenvalue weighted by molar-refractivity contribution is 5.79. The maximum absolute atomic E-state index is 13.4. The van der Waals surface area contributed by atoms with Crippen molar-refractivity contribution in [2.75, 3.05) is 19.6 Å². The van der Waals surface area contributed by atoms with Crippen LogP contribution in [-0.2, 0) is 10.4 Å². The van der Waals surface area contributed by atoms with Gasteiger partial charge in [-0.2, -0.15) is 0 Å². The quantitative estimate of drug-likeness (QED) is 0.316.